The number of hydrazine groups is 1. The molecule has 1 aromatic heterocycles. The highest BCUT2D eigenvalue weighted by atomic mass is 15.4. The molecular weight excluding hydrogens is 214 g/mol. The zero-order chi connectivity index (χ0) is 13.0. The van der Waals surface area contributed by atoms with Gasteiger partial charge >= 0.3 is 0 Å². The summed E-state index contributed by atoms with van der Waals surface area (Å²) in [7, 11) is 3.62. The summed E-state index contributed by atoms with van der Waals surface area (Å²) < 4.78 is 0. The second kappa shape index (κ2) is 5.63. The summed E-state index contributed by atoms with van der Waals surface area (Å²) in [5.74, 6) is 1.84. The Morgan fingerprint density at radius 1 is 1.35 bits per heavy atom. The van der Waals surface area contributed by atoms with Crippen LogP contribution in [0.4, 0.5) is 11.6 Å². The van der Waals surface area contributed by atoms with Crippen LogP contribution in [0, 0.1) is 5.41 Å². The van der Waals surface area contributed by atoms with Gasteiger partial charge in [0.2, 0.25) is 0 Å². The summed E-state index contributed by atoms with van der Waals surface area (Å²) in [6.45, 7) is 6.02. The van der Waals surface area contributed by atoms with Gasteiger partial charge in [0.25, 0.3) is 0 Å². The number of anilines is 2. The average Bonchev–Trinajstić information content (AvgIpc) is 2.27. The smallest absolute Gasteiger partial charge is 0.142 e. The van der Waals surface area contributed by atoms with Gasteiger partial charge in [0.1, 0.15) is 11.6 Å². The number of pyridine rings is 1. The fraction of sp³-hybridized carbons (Fsp3) is 0.500. The summed E-state index contributed by atoms with van der Waals surface area (Å²) >= 11 is 0. The van der Waals surface area contributed by atoms with Crippen molar-refractivity contribution < 1.29 is 0 Å². The number of nitrogens with zero attached hydrogens (tertiary/aromatic N) is 1. The van der Waals surface area contributed by atoms with E-state index in [1.54, 1.807) is 14.0 Å². The molecule has 4 N–H and O–H groups in total. The second-order valence-electron chi connectivity index (χ2n) is 4.23. The van der Waals surface area contributed by atoms with Gasteiger partial charge in [0, 0.05) is 25.4 Å². The molecule has 0 fully saturated rings. The van der Waals surface area contributed by atoms with Gasteiger partial charge in [-0.15, -0.1) is 0 Å². The highest BCUT2D eigenvalue weighted by Crippen LogP contribution is 2.27. The third-order valence-electron chi connectivity index (χ3n) is 2.54. The van der Waals surface area contributed by atoms with Gasteiger partial charge < -0.3 is 16.2 Å². The zero-order valence-electron chi connectivity index (χ0n) is 11.1. The van der Waals surface area contributed by atoms with Crippen LogP contribution in [0.2, 0.25) is 0 Å². The molecule has 0 aromatic carbocycles. The minimum atomic E-state index is 0.345. The van der Waals surface area contributed by atoms with Crippen LogP contribution in [-0.4, -0.2) is 24.8 Å². The van der Waals surface area contributed by atoms with Crippen molar-refractivity contribution in [3.8, 4) is 0 Å². The number of hydrogen-bond donors (Lipinski definition) is 4. The van der Waals surface area contributed by atoms with Gasteiger partial charge in [-0.3, -0.25) is 0 Å². The van der Waals surface area contributed by atoms with E-state index in [2.05, 4.69) is 35.0 Å². The maximum Gasteiger partial charge on any atom is 0.142 e. The molecule has 0 radical (unpaired) electrons. The highest BCUT2D eigenvalue weighted by Gasteiger charge is 2.15. The minimum Gasteiger partial charge on any atom is -0.373 e. The Kier molecular flexibility index (Phi) is 4.45. The maximum absolute atomic E-state index is 7.87. The Bertz CT molecular complexity index is 412. The van der Waals surface area contributed by atoms with Crippen molar-refractivity contribution in [3.05, 3.63) is 17.2 Å². The number of nitrogens with one attached hydrogen (secondary N) is 4. The first-order valence-corrected chi connectivity index (χ1v) is 5.72. The maximum atomic E-state index is 7.87. The van der Waals surface area contributed by atoms with Gasteiger partial charge in [-0.2, -0.15) is 0 Å². The van der Waals surface area contributed by atoms with Gasteiger partial charge in [0.15, 0.2) is 0 Å². The normalized spacial score (nSPS) is 10.5. The summed E-state index contributed by atoms with van der Waals surface area (Å²) in [5.41, 5.74) is 8.37. The van der Waals surface area contributed by atoms with Crippen molar-refractivity contribution in [1.82, 2.24) is 10.4 Å². The van der Waals surface area contributed by atoms with Crippen LogP contribution in [0.5, 0.6) is 0 Å². The van der Waals surface area contributed by atoms with Gasteiger partial charge in [-0.05, 0) is 24.5 Å². The molecule has 94 valence electrons. The quantitative estimate of drug-likeness (QED) is 0.466. The van der Waals surface area contributed by atoms with E-state index in [4.69, 9.17) is 5.41 Å². The van der Waals surface area contributed by atoms with Crippen molar-refractivity contribution in [2.45, 2.75) is 26.7 Å². The lowest BCUT2D eigenvalue weighted by atomic mass is 9.95. The molecule has 0 unspecified atom stereocenters. The van der Waals surface area contributed by atoms with Crippen molar-refractivity contribution in [2.75, 3.05) is 24.8 Å². The molecule has 1 rings (SSSR count). The molecule has 0 saturated carbocycles. The van der Waals surface area contributed by atoms with Crippen LogP contribution >= 0.6 is 0 Å². The zero-order valence-corrected chi connectivity index (χ0v) is 11.1. The first-order valence-electron chi connectivity index (χ1n) is 5.72. The Morgan fingerprint density at radius 2 is 2.00 bits per heavy atom. The molecule has 0 atom stereocenters. The fourth-order valence-electron chi connectivity index (χ4n) is 1.79. The topological polar surface area (TPSA) is 72.8 Å². The van der Waals surface area contributed by atoms with E-state index in [0.29, 0.717) is 11.6 Å². The summed E-state index contributed by atoms with van der Waals surface area (Å²) in [6, 6.07) is 1.98. The van der Waals surface area contributed by atoms with Crippen molar-refractivity contribution in [1.29, 1.82) is 5.41 Å². The van der Waals surface area contributed by atoms with Gasteiger partial charge in [0.05, 0.1) is 0 Å². The van der Waals surface area contributed by atoms with Crippen molar-refractivity contribution in [2.24, 2.45) is 0 Å². The number of rotatable bonds is 5. The van der Waals surface area contributed by atoms with Crippen LogP contribution in [0.15, 0.2) is 6.07 Å². The molecule has 1 heterocycles. The summed E-state index contributed by atoms with van der Waals surface area (Å²) in [5, 5.41) is 10.9. The predicted octanol–water partition coefficient (Wildman–Crippen LogP) is 2.18. The standard InChI is InChI=1S/C12H21N5/c1-7(2)9-6-10(17-15-5)16-12(14-4)11(9)8(3)13/h6-7,13,15H,1-5H3,(H2,14,16,17). The van der Waals surface area contributed by atoms with Crippen molar-refractivity contribution in [3.63, 3.8) is 0 Å². The van der Waals surface area contributed by atoms with E-state index < -0.39 is 0 Å². The van der Waals surface area contributed by atoms with Crippen LogP contribution in [0.3, 0.4) is 0 Å². The molecule has 0 bridgehead atoms. The molecule has 0 aliphatic rings. The SMILES string of the molecule is CNNc1cc(C(C)C)c(C(C)=N)c(NC)n1. The van der Waals surface area contributed by atoms with Gasteiger partial charge in [-0.25, -0.2) is 10.4 Å². The van der Waals surface area contributed by atoms with E-state index in [-0.39, 0.29) is 0 Å². The number of hydrogen-bond acceptors (Lipinski definition) is 5. The lowest BCUT2D eigenvalue weighted by Crippen LogP contribution is -2.18. The molecule has 0 spiro atoms. The third kappa shape index (κ3) is 2.94. The van der Waals surface area contributed by atoms with E-state index in [1.165, 1.54) is 0 Å². The molecule has 0 saturated heterocycles. The first kappa shape index (κ1) is 13.4. The molecule has 5 nitrogen and oxygen atoms in total. The Balaban J connectivity index is 3.40. The lowest BCUT2D eigenvalue weighted by molar-refractivity contribution is 0.856. The largest absolute Gasteiger partial charge is 0.373 e. The van der Waals surface area contributed by atoms with Gasteiger partial charge in [-0.1, -0.05) is 13.8 Å². The monoisotopic (exact) mass is 235 g/mol. The first-order chi connectivity index (χ1) is 8.01. The molecule has 17 heavy (non-hydrogen) atoms. The van der Waals surface area contributed by atoms with E-state index >= 15 is 0 Å². The molecular formula is C12H21N5. The minimum absolute atomic E-state index is 0.345. The predicted molar refractivity (Wildman–Crippen MR) is 73.1 cm³/mol. The van der Waals surface area contributed by atoms with E-state index in [1.807, 2.05) is 13.1 Å². The van der Waals surface area contributed by atoms with E-state index in [0.717, 1.165) is 22.8 Å². The van der Waals surface area contributed by atoms with Crippen LogP contribution in [0.1, 0.15) is 37.8 Å². The lowest BCUT2D eigenvalue weighted by Gasteiger charge is -2.18. The molecule has 0 amide bonds. The Labute approximate surface area is 103 Å². The highest BCUT2D eigenvalue weighted by molar-refractivity contribution is 6.02. The Morgan fingerprint density at radius 3 is 2.41 bits per heavy atom. The molecule has 1 aromatic rings. The molecule has 0 aliphatic heterocycles. The van der Waals surface area contributed by atoms with Crippen LogP contribution in [-0.2, 0) is 0 Å². The summed E-state index contributed by atoms with van der Waals surface area (Å²) in [4.78, 5) is 4.42. The number of aromatic nitrogens is 1. The fourth-order valence-corrected chi connectivity index (χ4v) is 1.79. The second-order valence-corrected chi connectivity index (χ2v) is 4.23. The van der Waals surface area contributed by atoms with Crippen LogP contribution < -0.4 is 16.2 Å². The molecule has 0 aliphatic carbocycles. The molecule has 5 heteroatoms. The Hall–Kier alpha value is -1.62. The van der Waals surface area contributed by atoms with E-state index in [9.17, 15) is 0 Å². The average molecular weight is 235 g/mol. The van der Waals surface area contributed by atoms with Crippen LogP contribution in [0.25, 0.3) is 0 Å². The third-order valence-corrected chi connectivity index (χ3v) is 2.54. The van der Waals surface area contributed by atoms with Crippen molar-refractivity contribution >= 4 is 17.3 Å². The summed E-state index contributed by atoms with van der Waals surface area (Å²) in [6.07, 6.45) is 0.